The van der Waals surface area contributed by atoms with Gasteiger partial charge in [-0.2, -0.15) is 4.98 Å². The van der Waals surface area contributed by atoms with E-state index in [1.807, 2.05) is 19.2 Å². The molecule has 25 heavy (non-hydrogen) atoms. The van der Waals surface area contributed by atoms with Gasteiger partial charge in [-0.25, -0.2) is 0 Å². The van der Waals surface area contributed by atoms with Crippen molar-refractivity contribution in [1.29, 1.82) is 0 Å². The minimum atomic E-state index is 0.125. The van der Waals surface area contributed by atoms with Crippen molar-refractivity contribution in [3.8, 4) is 11.4 Å². The summed E-state index contributed by atoms with van der Waals surface area (Å²) in [6.45, 7) is 2.73. The number of thiophene rings is 1. The van der Waals surface area contributed by atoms with Crippen LogP contribution >= 0.6 is 11.3 Å². The second-order valence-corrected chi connectivity index (χ2v) is 6.88. The molecular formula is C18H20N4O2S. The molecule has 0 aliphatic carbocycles. The van der Waals surface area contributed by atoms with Crippen LogP contribution < -0.4 is 0 Å². The maximum Gasteiger partial charge on any atom is 0.226 e. The molecule has 0 aliphatic rings. The van der Waals surface area contributed by atoms with E-state index >= 15 is 0 Å². The van der Waals surface area contributed by atoms with Gasteiger partial charge < -0.3 is 9.42 Å². The average molecular weight is 356 g/mol. The number of carbonyl (C=O) groups is 1. The number of aryl methyl sites for hydroxylation is 2. The fourth-order valence-electron chi connectivity index (χ4n) is 2.42. The Kier molecular flexibility index (Phi) is 5.55. The van der Waals surface area contributed by atoms with E-state index in [0.717, 1.165) is 5.56 Å². The van der Waals surface area contributed by atoms with Crippen LogP contribution in [0.25, 0.3) is 11.4 Å². The first-order chi connectivity index (χ1) is 12.1. The van der Waals surface area contributed by atoms with E-state index in [1.165, 1.54) is 10.4 Å². The minimum absolute atomic E-state index is 0.125. The molecule has 0 atom stereocenters. The second kappa shape index (κ2) is 8.02. The van der Waals surface area contributed by atoms with Crippen LogP contribution in [-0.4, -0.2) is 33.0 Å². The molecule has 3 rings (SSSR count). The average Bonchev–Trinajstić information content (AvgIpc) is 3.25. The van der Waals surface area contributed by atoms with Crippen molar-refractivity contribution >= 4 is 17.2 Å². The van der Waals surface area contributed by atoms with Crippen LogP contribution in [0.5, 0.6) is 0 Å². The lowest BCUT2D eigenvalue weighted by molar-refractivity contribution is -0.130. The second-order valence-electron chi connectivity index (χ2n) is 5.88. The van der Waals surface area contributed by atoms with Crippen LogP contribution in [0.3, 0.4) is 0 Å². The number of nitrogens with zero attached hydrogens (tertiary/aromatic N) is 4. The molecule has 0 unspecified atom stereocenters. The number of hydrogen-bond acceptors (Lipinski definition) is 6. The van der Waals surface area contributed by atoms with Crippen molar-refractivity contribution in [2.45, 2.75) is 32.7 Å². The first kappa shape index (κ1) is 17.3. The Labute approximate surface area is 150 Å². The van der Waals surface area contributed by atoms with E-state index in [9.17, 15) is 4.79 Å². The summed E-state index contributed by atoms with van der Waals surface area (Å²) in [6, 6.07) is 5.79. The maximum absolute atomic E-state index is 12.3. The molecule has 0 aliphatic heterocycles. The molecule has 3 aromatic rings. The zero-order valence-corrected chi connectivity index (χ0v) is 15.1. The van der Waals surface area contributed by atoms with Gasteiger partial charge in [0.1, 0.15) is 0 Å². The molecule has 0 fully saturated rings. The van der Waals surface area contributed by atoms with Crippen molar-refractivity contribution < 1.29 is 9.32 Å². The Morgan fingerprint density at radius 2 is 2.24 bits per heavy atom. The van der Waals surface area contributed by atoms with Crippen molar-refractivity contribution in [2.24, 2.45) is 0 Å². The predicted molar refractivity (Wildman–Crippen MR) is 96.0 cm³/mol. The largest absolute Gasteiger partial charge is 0.341 e. The van der Waals surface area contributed by atoms with Crippen molar-refractivity contribution in [2.75, 3.05) is 7.05 Å². The molecule has 0 saturated carbocycles. The van der Waals surface area contributed by atoms with E-state index in [-0.39, 0.29) is 5.91 Å². The summed E-state index contributed by atoms with van der Waals surface area (Å²) in [5.41, 5.74) is 2.05. The van der Waals surface area contributed by atoms with Crippen molar-refractivity contribution in [1.82, 2.24) is 20.0 Å². The standard InChI is InChI=1S/C18H20N4O2S/c1-13-8-10-25-15(13)12-22(2)17(23)7-3-6-16-20-18(21-24-16)14-5-4-9-19-11-14/h4-5,8-11H,3,6-7,12H2,1-2H3. The smallest absolute Gasteiger partial charge is 0.226 e. The fraction of sp³-hybridized carbons (Fsp3) is 0.333. The van der Waals surface area contributed by atoms with Crippen LogP contribution in [0.4, 0.5) is 0 Å². The maximum atomic E-state index is 12.3. The minimum Gasteiger partial charge on any atom is -0.341 e. The summed E-state index contributed by atoms with van der Waals surface area (Å²) in [4.78, 5) is 23.6. The summed E-state index contributed by atoms with van der Waals surface area (Å²) in [6.07, 6.45) is 5.13. The molecule has 0 spiro atoms. The fourth-order valence-corrected chi connectivity index (χ4v) is 3.38. The van der Waals surface area contributed by atoms with E-state index < -0.39 is 0 Å². The van der Waals surface area contributed by atoms with E-state index in [4.69, 9.17) is 4.52 Å². The molecule has 0 radical (unpaired) electrons. The summed E-state index contributed by atoms with van der Waals surface area (Å²) in [7, 11) is 1.84. The third kappa shape index (κ3) is 4.51. The van der Waals surface area contributed by atoms with Gasteiger partial charge in [0.25, 0.3) is 0 Å². The lowest BCUT2D eigenvalue weighted by Gasteiger charge is -2.16. The Morgan fingerprint density at radius 1 is 1.36 bits per heavy atom. The highest BCUT2D eigenvalue weighted by Crippen LogP contribution is 2.18. The van der Waals surface area contributed by atoms with Crippen molar-refractivity contribution in [3.63, 3.8) is 0 Å². The molecule has 0 bridgehead atoms. The Bertz CT molecular complexity index is 828. The van der Waals surface area contributed by atoms with Crippen molar-refractivity contribution in [3.05, 3.63) is 52.3 Å². The SMILES string of the molecule is Cc1ccsc1CN(C)C(=O)CCCc1nc(-c2cccnc2)no1. The topological polar surface area (TPSA) is 72.1 Å². The Morgan fingerprint density at radius 3 is 2.96 bits per heavy atom. The lowest BCUT2D eigenvalue weighted by Crippen LogP contribution is -2.25. The summed E-state index contributed by atoms with van der Waals surface area (Å²) >= 11 is 1.68. The van der Waals surface area contributed by atoms with E-state index in [0.29, 0.717) is 37.5 Å². The normalized spacial score (nSPS) is 10.8. The Balaban J connectivity index is 1.47. The highest BCUT2D eigenvalue weighted by molar-refractivity contribution is 7.10. The number of hydrogen-bond donors (Lipinski definition) is 0. The highest BCUT2D eigenvalue weighted by Gasteiger charge is 2.13. The van der Waals surface area contributed by atoms with Crippen LogP contribution in [-0.2, 0) is 17.8 Å². The molecule has 0 N–H and O–H groups in total. The molecule has 0 aromatic carbocycles. The van der Waals surface area contributed by atoms with Gasteiger partial charge in [0.05, 0.1) is 6.54 Å². The monoisotopic (exact) mass is 356 g/mol. The molecular weight excluding hydrogens is 336 g/mol. The van der Waals surface area contributed by atoms with Crippen LogP contribution in [0.1, 0.15) is 29.2 Å². The van der Waals surface area contributed by atoms with Gasteiger partial charge in [0.15, 0.2) is 0 Å². The number of pyridine rings is 1. The van der Waals surface area contributed by atoms with Gasteiger partial charge in [0.2, 0.25) is 17.6 Å². The number of rotatable bonds is 7. The number of carbonyl (C=O) groups excluding carboxylic acids is 1. The summed E-state index contributed by atoms with van der Waals surface area (Å²) in [5, 5.41) is 6.01. The summed E-state index contributed by atoms with van der Waals surface area (Å²) < 4.78 is 5.25. The van der Waals surface area contributed by atoms with Gasteiger partial charge in [0, 0.05) is 42.7 Å². The number of amides is 1. The van der Waals surface area contributed by atoms with Gasteiger partial charge in [-0.15, -0.1) is 11.3 Å². The zero-order valence-electron chi connectivity index (χ0n) is 14.3. The van der Waals surface area contributed by atoms with E-state index in [1.54, 1.807) is 28.6 Å². The quantitative estimate of drug-likeness (QED) is 0.648. The van der Waals surface area contributed by atoms with Gasteiger partial charge in [-0.05, 0) is 42.5 Å². The molecule has 6 nitrogen and oxygen atoms in total. The number of aromatic nitrogens is 3. The molecule has 1 amide bonds. The molecule has 7 heteroatoms. The Hall–Kier alpha value is -2.54. The van der Waals surface area contributed by atoms with Crippen LogP contribution in [0, 0.1) is 6.92 Å². The third-order valence-electron chi connectivity index (χ3n) is 3.94. The molecule has 3 aromatic heterocycles. The molecule has 0 saturated heterocycles. The third-order valence-corrected chi connectivity index (χ3v) is 4.95. The highest BCUT2D eigenvalue weighted by atomic mass is 32.1. The van der Waals surface area contributed by atoms with E-state index in [2.05, 4.69) is 33.5 Å². The lowest BCUT2D eigenvalue weighted by atomic mass is 10.2. The van der Waals surface area contributed by atoms with Crippen LogP contribution in [0.15, 0.2) is 40.5 Å². The van der Waals surface area contributed by atoms with Gasteiger partial charge in [-0.1, -0.05) is 5.16 Å². The molecule has 130 valence electrons. The first-order valence-corrected chi connectivity index (χ1v) is 9.01. The summed E-state index contributed by atoms with van der Waals surface area (Å²) in [5.74, 6) is 1.20. The molecule has 3 heterocycles. The van der Waals surface area contributed by atoms with Gasteiger partial charge >= 0.3 is 0 Å². The first-order valence-electron chi connectivity index (χ1n) is 8.13. The zero-order chi connectivity index (χ0) is 17.6. The van der Waals surface area contributed by atoms with Crippen LogP contribution in [0.2, 0.25) is 0 Å². The van der Waals surface area contributed by atoms with Gasteiger partial charge in [-0.3, -0.25) is 9.78 Å². The predicted octanol–water partition coefficient (Wildman–Crippen LogP) is 3.48.